The Kier molecular flexibility index (Phi) is 3.66. The third-order valence-electron chi connectivity index (χ3n) is 2.21. The summed E-state index contributed by atoms with van der Waals surface area (Å²) >= 11 is 11.7. The van der Waals surface area contributed by atoms with Crippen LogP contribution in [0.5, 0.6) is 0 Å². The summed E-state index contributed by atoms with van der Waals surface area (Å²) in [5, 5.41) is 8.80. The summed E-state index contributed by atoms with van der Waals surface area (Å²) in [5.41, 5.74) is 6.59. The van der Waals surface area contributed by atoms with Gasteiger partial charge in [0.25, 0.3) is 0 Å². The Balaban J connectivity index is 2.16. The summed E-state index contributed by atoms with van der Waals surface area (Å²) in [4.78, 5) is 0. The van der Waals surface area contributed by atoms with E-state index >= 15 is 0 Å². The summed E-state index contributed by atoms with van der Waals surface area (Å²) in [6, 6.07) is 5.12. The molecule has 4 nitrogen and oxygen atoms in total. The van der Waals surface area contributed by atoms with Crippen LogP contribution in [-0.2, 0) is 6.42 Å². The maximum absolute atomic E-state index is 5.92. The van der Waals surface area contributed by atoms with Crippen LogP contribution in [0.25, 0.3) is 0 Å². The van der Waals surface area contributed by atoms with Crippen molar-refractivity contribution in [2.24, 2.45) is 5.73 Å². The molecular formula is C11H11Cl2N3O. The second-order valence-electron chi connectivity index (χ2n) is 3.75. The van der Waals surface area contributed by atoms with Crippen molar-refractivity contribution in [3.8, 4) is 0 Å². The topological polar surface area (TPSA) is 64.9 Å². The third-order valence-corrected chi connectivity index (χ3v) is 2.95. The van der Waals surface area contributed by atoms with Crippen LogP contribution in [0.2, 0.25) is 10.0 Å². The van der Waals surface area contributed by atoms with Gasteiger partial charge in [-0.25, -0.2) is 0 Å². The quantitative estimate of drug-likeness (QED) is 0.932. The van der Waals surface area contributed by atoms with Gasteiger partial charge in [-0.1, -0.05) is 29.3 Å². The molecule has 0 aliphatic carbocycles. The lowest BCUT2D eigenvalue weighted by atomic mass is 10.1. The second-order valence-corrected chi connectivity index (χ2v) is 4.56. The predicted octanol–water partition coefficient (Wildman–Crippen LogP) is 2.99. The summed E-state index contributed by atoms with van der Waals surface area (Å²) in [7, 11) is 0. The molecule has 1 atom stereocenters. The van der Waals surface area contributed by atoms with Crippen LogP contribution in [0.1, 0.15) is 30.3 Å². The molecule has 0 saturated carbocycles. The van der Waals surface area contributed by atoms with Gasteiger partial charge in [-0.2, -0.15) is 0 Å². The van der Waals surface area contributed by atoms with Crippen LogP contribution >= 0.6 is 23.2 Å². The van der Waals surface area contributed by atoms with Crippen molar-refractivity contribution in [2.45, 2.75) is 19.4 Å². The number of nitrogens with zero attached hydrogens (tertiary/aromatic N) is 2. The summed E-state index contributed by atoms with van der Waals surface area (Å²) in [6.07, 6.45) is 0.511. The van der Waals surface area contributed by atoms with E-state index in [2.05, 4.69) is 10.2 Å². The first kappa shape index (κ1) is 12.4. The molecule has 0 spiro atoms. The van der Waals surface area contributed by atoms with Crippen LogP contribution in [0.4, 0.5) is 0 Å². The number of nitrogens with two attached hydrogens (primary N) is 1. The van der Waals surface area contributed by atoms with Crippen LogP contribution in [0, 0.1) is 0 Å². The third kappa shape index (κ3) is 2.97. The summed E-state index contributed by atoms with van der Waals surface area (Å²) in [5.74, 6) is 0.941. The Morgan fingerprint density at radius 2 is 2.06 bits per heavy atom. The molecule has 2 N–H and O–H groups in total. The van der Waals surface area contributed by atoms with E-state index in [0.29, 0.717) is 28.2 Å². The summed E-state index contributed by atoms with van der Waals surface area (Å²) < 4.78 is 5.40. The zero-order valence-corrected chi connectivity index (χ0v) is 10.7. The molecule has 6 heteroatoms. The minimum atomic E-state index is -0.259. The number of hydrogen-bond donors (Lipinski definition) is 1. The van der Waals surface area contributed by atoms with Crippen molar-refractivity contribution in [3.05, 3.63) is 45.6 Å². The first-order chi connectivity index (χ1) is 8.06. The van der Waals surface area contributed by atoms with E-state index in [1.807, 2.05) is 6.07 Å². The molecule has 0 aliphatic rings. The fraction of sp³-hybridized carbons (Fsp3) is 0.273. The molecule has 1 heterocycles. The molecule has 0 aliphatic heterocycles. The Morgan fingerprint density at radius 1 is 1.29 bits per heavy atom. The van der Waals surface area contributed by atoms with Gasteiger partial charge in [0, 0.05) is 0 Å². The minimum absolute atomic E-state index is 0.259. The normalized spacial score (nSPS) is 12.7. The molecule has 2 aromatic rings. The lowest BCUT2D eigenvalue weighted by molar-refractivity contribution is 0.433. The number of halogens is 2. The fourth-order valence-corrected chi connectivity index (χ4v) is 1.67. The lowest BCUT2D eigenvalue weighted by Gasteiger charge is -2.00. The molecule has 2 rings (SSSR count). The highest BCUT2D eigenvalue weighted by Gasteiger charge is 2.10. The average Bonchev–Trinajstić information content (AvgIpc) is 2.72. The van der Waals surface area contributed by atoms with Gasteiger partial charge in [0.15, 0.2) is 0 Å². The standard InChI is InChI=1S/C11H11Cl2N3O/c1-6(14)11-16-15-10(17-11)5-7-2-3-8(12)9(13)4-7/h2-4,6H,5,14H2,1H3. The van der Waals surface area contributed by atoms with E-state index in [1.165, 1.54) is 0 Å². The van der Waals surface area contributed by atoms with Gasteiger partial charge in [-0.15, -0.1) is 10.2 Å². The highest BCUT2D eigenvalue weighted by atomic mass is 35.5. The first-order valence-electron chi connectivity index (χ1n) is 5.08. The molecule has 1 aromatic heterocycles. The Morgan fingerprint density at radius 3 is 2.65 bits per heavy atom. The monoisotopic (exact) mass is 271 g/mol. The highest BCUT2D eigenvalue weighted by molar-refractivity contribution is 6.42. The van der Waals surface area contributed by atoms with Crippen molar-refractivity contribution >= 4 is 23.2 Å². The Labute approximate surface area is 109 Å². The molecule has 0 radical (unpaired) electrons. The Hall–Kier alpha value is -1.10. The minimum Gasteiger partial charge on any atom is -0.423 e. The molecule has 1 aromatic carbocycles. The van der Waals surface area contributed by atoms with E-state index in [4.69, 9.17) is 33.4 Å². The van der Waals surface area contributed by atoms with Gasteiger partial charge in [0.1, 0.15) is 0 Å². The van der Waals surface area contributed by atoms with E-state index in [0.717, 1.165) is 5.56 Å². The molecule has 0 fully saturated rings. The van der Waals surface area contributed by atoms with E-state index in [9.17, 15) is 0 Å². The van der Waals surface area contributed by atoms with Gasteiger partial charge in [0.05, 0.1) is 22.5 Å². The first-order valence-corrected chi connectivity index (χ1v) is 5.83. The van der Waals surface area contributed by atoms with Gasteiger partial charge in [-0.05, 0) is 24.6 Å². The lowest BCUT2D eigenvalue weighted by Crippen LogP contribution is -2.04. The smallest absolute Gasteiger partial charge is 0.232 e. The fourth-order valence-electron chi connectivity index (χ4n) is 1.35. The van der Waals surface area contributed by atoms with Crippen LogP contribution in [-0.4, -0.2) is 10.2 Å². The van der Waals surface area contributed by atoms with Gasteiger partial charge >= 0.3 is 0 Å². The van der Waals surface area contributed by atoms with Crippen molar-refractivity contribution in [3.63, 3.8) is 0 Å². The molecule has 0 saturated heterocycles. The number of benzene rings is 1. The molecule has 1 unspecified atom stereocenters. The van der Waals surface area contributed by atoms with Gasteiger partial charge in [0.2, 0.25) is 11.8 Å². The SMILES string of the molecule is CC(N)c1nnc(Cc2ccc(Cl)c(Cl)c2)o1. The van der Waals surface area contributed by atoms with Crippen LogP contribution in [0.15, 0.2) is 22.6 Å². The van der Waals surface area contributed by atoms with Crippen LogP contribution < -0.4 is 5.73 Å². The average molecular weight is 272 g/mol. The zero-order valence-electron chi connectivity index (χ0n) is 9.15. The predicted molar refractivity (Wildman–Crippen MR) is 66.2 cm³/mol. The maximum atomic E-state index is 5.92. The molecule has 90 valence electrons. The van der Waals surface area contributed by atoms with Crippen LogP contribution in [0.3, 0.4) is 0 Å². The number of hydrogen-bond acceptors (Lipinski definition) is 4. The highest BCUT2D eigenvalue weighted by Crippen LogP contribution is 2.23. The van der Waals surface area contributed by atoms with Crippen molar-refractivity contribution < 1.29 is 4.42 Å². The van der Waals surface area contributed by atoms with E-state index in [-0.39, 0.29) is 6.04 Å². The number of aromatic nitrogens is 2. The van der Waals surface area contributed by atoms with Crippen molar-refractivity contribution in [1.82, 2.24) is 10.2 Å². The zero-order chi connectivity index (χ0) is 12.4. The molecule has 17 heavy (non-hydrogen) atoms. The van der Waals surface area contributed by atoms with Gasteiger partial charge < -0.3 is 10.2 Å². The van der Waals surface area contributed by atoms with E-state index in [1.54, 1.807) is 19.1 Å². The molecule has 0 amide bonds. The largest absolute Gasteiger partial charge is 0.423 e. The second kappa shape index (κ2) is 5.04. The van der Waals surface area contributed by atoms with Gasteiger partial charge in [-0.3, -0.25) is 0 Å². The summed E-state index contributed by atoms with van der Waals surface area (Å²) in [6.45, 7) is 1.79. The molecular weight excluding hydrogens is 261 g/mol. The molecule has 0 bridgehead atoms. The van der Waals surface area contributed by atoms with E-state index < -0.39 is 0 Å². The number of rotatable bonds is 3. The Bertz CT molecular complexity index is 525. The maximum Gasteiger partial charge on any atom is 0.232 e. The van der Waals surface area contributed by atoms with Crippen molar-refractivity contribution in [1.29, 1.82) is 0 Å². The van der Waals surface area contributed by atoms with Crippen molar-refractivity contribution in [2.75, 3.05) is 0 Å².